The van der Waals surface area contributed by atoms with Crippen molar-refractivity contribution in [3.05, 3.63) is 0 Å². The fourth-order valence-corrected chi connectivity index (χ4v) is 2.24. The number of alkyl halides is 27. The topological polar surface area (TPSA) is 0 Å². The normalized spacial score (nSPS) is 17.0. The number of hydrogen-bond acceptors (Lipinski definition) is 0. The van der Waals surface area contributed by atoms with Gasteiger partial charge in [-0.1, -0.05) is 0 Å². The van der Waals surface area contributed by atoms with Gasteiger partial charge in [0.1, 0.15) is 0 Å². The summed E-state index contributed by atoms with van der Waals surface area (Å²) in [6, 6.07) is 0. The van der Waals surface area contributed by atoms with Crippen molar-refractivity contribution in [2.24, 2.45) is 0 Å². The van der Waals surface area contributed by atoms with Crippen molar-refractivity contribution in [1.29, 1.82) is 0 Å². The average molecular weight is 684 g/mol. The van der Waals surface area contributed by atoms with Crippen LogP contribution >= 0.6 is 0 Å². The van der Waals surface area contributed by atoms with E-state index in [-0.39, 0.29) is 0 Å². The van der Waals surface area contributed by atoms with Crippen LogP contribution < -0.4 is 0 Å². The molecule has 0 heterocycles. The minimum atomic E-state index is -9.70. The van der Waals surface area contributed by atoms with E-state index in [0.29, 0.717) is 0 Å². The van der Waals surface area contributed by atoms with Gasteiger partial charge >= 0.3 is 77.5 Å². The third-order valence-corrected chi connectivity index (χ3v) is 4.87. The molecule has 27 heteroatoms. The molecule has 0 spiro atoms. The molecule has 0 unspecified atom stereocenters. The highest BCUT2D eigenvalue weighted by Gasteiger charge is 2.99. The smallest absolute Gasteiger partial charge is 0.244 e. The first kappa shape index (κ1) is 39.1. The van der Waals surface area contributed by atoms with Crippen LogP contribution in [0.4, 0.5) is 119 Å². The van der Waals surface area contributed by atoms with E-state index in [0.717, 1.165) is 0 Å². The van der Waals surface area contributed by atoms with Crippen LogP contribution in [0.1, 0.15) is 0 Å². The third kappa shape index (κ3) is 4.41. The molecule has 0 aliphatic heterocycles. The lowest BCUT2D eigenvalue weighted by Gasteiger charge is -2.45. The SMILES string of the molecule is FCC(F)(F)C(F)(F)C(F)(F)C(F)(F)C(F)(F)C(F)(F)C(F)(F)C(F)(F)C(F)(F)C(F)(F)C(F)(F)C(F)(F)C(F)F. The van der Waals surface area contributed by atoms with Gasteiger partial charge in [-0.25, -0.2) is 13.2 Å². The Hall–Kier alpha value is -1.89. The largest absolute Gasteiger partial charge is 0.385 e. The van der Waals surface area contributed by atoms with E-state index < -0.39 is 84.2 Å². The van der Waals surface area contributed by atoms with Crippen LogP contribution in [0, 0.1) is 0 Å². The number of halogens is 27. The Labute approximate surface area is 204 Å². The standard InChI is InChI=1S/C14H3F27/c15-1-3(18,19)5(22,23)7(26,27)9(30,31)11(34,35)13(38,39)14(40,41)12(36,37)10(32,33)8(28,29)6(24,25)4(20,21)2(16)17/h2H,1H2. The lowest BCUT2D eigenvalue weighted by molar-refractivity contribution is -0.480. The molecule has 0 N–H and O–H groups in total. The predicted molar refractivity (Wildman–Crippen MR) is 71.3 cm³/mol. The highest BCUT2D eigenvalue weighted by molar-refractivity contribution is 5.20. The zero-order chi connectivity index (χ0) is 34.3. The summed E-state index contributed by atoms with van der Waals surface area (Å²) in [5.74, 6) is -108. The van der Waals surface area contributed by atoms with Crippen LogP contribution in [0.25, 0.3) is 0 Å². The van der Waals surface area contributed by atoms with Crippen molar-refractivity contribution < 1.29 is 119 Å². The molecule has 0 saturated carbocycles. The Balaban J connectivity index is 7.37. The summed E-state index contributed by atoms with van der Waals surface area (Å²) in [6.07, 6.45) is -6.33. The molecule has 0 fully saturated rings. The number of rotatable bonds is 13. The van der Waals surface area contributed by atoms with Gasteiger partial charge in [0.15, 0.2) is 6.67 Å². The van der Waals surface area contributed by atoms with E-state index in [1.165, 1.54) is 0 Å². The molecule has 0 nitrogen and oxygen atoms in total. The van der Waals surface area contributed by atoms with Gasteiger partial charge in [-0.15, -0.1) is 0 Å². The van der Waals surface area contributed by atoms with Gasteiger partial charge in [-0.2, -0.15) is 105 Å². The molecule has 0 aromatic carbocycles. The van der Waals surface area contributed by atoms with Crippen LogP contribution in [0.3, 0.4) is 0 Å². The predicted octanol–water partition coefficient (Wildman–Crippen LogP) is 8.84. The van der Waals surface area contributed by atoms with Crippen LogP contribution in [0.15, 0.2) is 0 Å². The molecule has 0 aromatic heterocycles. The monoisotopic (exact) mass is 684 g/mol. The Morgan fingerprint density at radius 1 is 0.293 bits per heavy atom. The maximum absolute atomic E-state index is 13.5. The molecule has 0 aliphatic rings. The molecule has 0 aromatic rings. The van der Waals surface area contributed by atoms with Crippen molar-refractivity contribution in [2.75, 3.05) is 6.67 Å². The van der Waals surface area contributed by atoms with E-state index in [1.54, 1.807) is 0 Å². The van der Waals surface area contributed by atoms with Crippen LogP contribution in [-0.4, -0.2) is 84.2 Å². The van der Waals surface area contributed by atoms with E-state index in [1.807, 2.05) is 0 Å². The summed E-state index contributed by atoms with van der Waals surface area (Å²) >= 11 is 0. The molecular formula is C14H3F27. The lowest BCUT2D eigenvalue weighted by Crippen LogP contribution is -2.78. The zero-order valence-corrected chi connectivity index (χ0v) is 17.5. The van der Waals surface area contributed by atoms with E-state index in [4.69, 9.17) is 0 Å². The molecule has 0 radical (unpaired) electrons. The van der Waals surface area contributed by atoms with Crippen LogP contribution in [-0.2, 0) is 0 Å². The van der Waals surface area contributed by atoms with E-state index in [9.17, 15) is 119 Å². The lowest BCUT2D eigenvalue weighted by atomic mass is 9.84. The number of hydrogen-bond donors (Lipinski definition) is 0. The molecular weight excluding hydrogens is 681 g/mol. The molecule has 0 aliphatic carbocycles. The van der Waals surface area contributed by atoms with Crippen molar-refractivity contribution in [2.45, 2.75) is 77.5 Å². The van der Waals surface area contributed by atoms with Crippen molar-refractivity contribution >= 4 is 0 Å². The summed E-state index contributed by atoms with van der Waals surface area (Å²) in [4.78, 5) is 0. The molecule has 0 bridgehead atoms. The first-order valence-electron chi connectivity index (χ1n) is 8.63. The maximum Gasteiger partial charge on any atom is 0.385 e. The summed E-state index contributed by atoms with van der Waals surface area (Å²) in [6.45, 7) is -4.28. The molecule has 0 rings (SSSR count). The van der Waals surface area contributed by atoms with Crippen molar-refractivity contribution in [3.8, 4) is 0 Å². The summed E-state index contributed by atoms with van der Waals surface area (Å²) < 4.78 is 353. The minimum absolute atomic E-state index is 4.28. The molecule has 41 heavy (non-hydrogen) atoms. The fraction of sp³-hybridized carbons (Fsp3) is 1.00. The maximum atomic E-state index is 13.5. The molecule has 0 atom stereocenters. The summed E-state index contributed by atoms with van der Waals surface area (Å²) in [7, 11) is 0. The van der Waals surface area contributed by atoms with Crippen LogP contribution in [0.5, 0.6) is 0 Å². The van der Waals surface area contributed by atoms with Crippen molar-refractivity contribution in [1.82, 2.24) is 0 Å². The van der Waals surface area contributed by atoms with Gasteiger partial charge in [0.2, 0.25) is 0 Å². The van der Waals surface area contributed by atoms with Crippen LogP contribution in [0.2, 0.25) is 0 Å². The molecule has 0 amide bonds. The first-order chi connectivity index (χ1) is 17.3. The van der Waals surface area contributed by atoms with Gasteiger partial charge in [0.25, 0.3) is 0 Å². The Bertz CT molecular complexity index is 938. The Kier molecular flexibility index (Phi) is 9.12. The van der Waals surface area contributed by atoms with Gasteiger partial charge < -0.3 is 0 Å². The fourth-order valence-electron chi connectivity index (χ4n) is 2.24. The minimum Gasteiger partial charge on any atom is -0.244 e. The first-order valence-corrected chi connectivity index (χ1v) is 8.63. The zero-order valence-electron chi connectivity index (χ0n) is 17.5. The second kappa shape index (κ2) is 9.56. The second-order valence-corrected chi connectivity index (χ2v) is 7.51. The van der Waals surface area contributed by atoms with Gasteiger partial charge in [-0.3, -0.25) is 0 Å². The highest BCUT2D eigenvalue weighted by atomic mass is 19.4. The van der Waals surface area contributed by atoms with Crippen molar-refractivity contribution in [3.63, 3.8) is 0 Å². The summed E-state index contributed by atoms with van der Waals surface area (Å²) in [5.41, 5.74) is 0. The molecule has 248 valence electrons. The van der Waals surface area contributed by atoms with Gasteiger partial charge in [-0.05, 0) is 0 Å². The third-order valence-electron chi connectivity index (χ3n) is 4.87. The Morgan fingerprint density at radius 3 is 0.634 bits per heavy atom. The molecule has 0 saturated heterocycles. The second-order valence-electron chi connectivity index (χ2n) is 7.51. The summed E-state index contributed by atoms with van der Waals surface area (Å²) in [5, 5.41) is 0. The Morgan fingerprint density at radius 2 is 0.463 bits per heavy atom. The van der Waals surface area contributed by atoms with E-state index in [2.05, 4.69) is 0 Å². The van der Waals surface area contributed by atoms with E-state index >= 15 is 0 Å². The van der Waals surface area contributed by atoms with Gasteiger partial charge in [0, 0.05) is 0 Å². The highest BCUT2D eigenvalue weighted by Crippen LogP contribution is 2.67. The van der Waals surface area contributed by atoms with Gasteiger partial charge in [0.05, 0.1) is 0 Å². The average Bonchev–Trinajstić information content (AvgIpc) is 2.77. The quantitative estimate of drug-likeness (QED) is 0.170.